The van der Waals surface area contributed by atoms with Crippen molar-refractivity contribution in [2.75, 3.05) is 0 Å². The van der Waals surface area contributed by atoms with E-state index in [1.165, 1.54) is 33.2 Å². The van der Waals surface area contributed by atoms with Crippen LogP contribution >= 0.6 is 25.2 Å². The predicted molar refractivity (Wildman–Crippen MR) is 212 cm³/mol. The summed E-state index contributed by atoms with van der Waals surface area (Å²) in [5.74, 6) is 0. The molecule has 9 rings (SSSR count). The van der Waals surface area contributed by atoms with Crippen molar-refractivity contribution in [1.82, 2.24) is 0 Å². The molecule has 2 nitrogen and oxygen atoms in total. The van der Waals surface area contributed by atoms with Gasteiger partial charge in [-0.3, -0.25) is 0 Å². The van der Waals surface area contributed by atoms with E-state index in [1.807, 2.05) is 62.4 Å². The molecular formula is C44H34BrO2P. The van der Waals surface area contributed by atoms with Gasteiger partial charge in [0.2, 0.25) is 0 Å². The van der Waals surface area contributed by atoms with Crippen molar-refractivity contribution in [2.24, 2.45) is 0 Å². The summed E-state index contributed by atoms with van der Waals surface area (Å²) in [6.45, 7) is 4.00. The van der Waals surface area contributed by atoms with Gasteiger partial charge in [0.25, 0.3) is 0 Å². The molecule has 0 aliphatic heterocycles. The van der Waals surface area contributed by atoms with Gasteiger partial charge in [0.15, 0.2) is 0 Å². The lowest BCUT2D eigenvalue weighted by atomic mass is 9.98. The summed E-state index contributed by atoms with van der Waals surface area (Å²) >= 11 is 3.62. The second kappa shape index (κ2) is 14.0. The highest BCUT2D eigenvalue weighted by Gasteiger charge is 2.14. The Morgan fingerprint density at radius 3 is 1.75 bits per heavy atom. The summed E-state index contributed by atoms with van der Waals surface area (Å²) in [5, 5.41) is 5.78. The van der Waals surface area contributed by atoms with E-state index in [0.29, 0.717) is 0 Å². The van der Waals surface area contributed by atoms with E-state index >= 15 is 0 Å². The maximum Gasteiger partial charge on any atom is 0.143 e. The third kappa shape index (κ3) is 6.08. The van der Waals surface area contributed by atoms with Gasteiger partial charge in [0.05, 0.1) is 0 Å². The van der Waals surface area contributed by atoms with Crippen molar-refractivity contribution in [3.05, 3.63) is 162 Å². The number of fused-ring (bicyclic) bond motifs is 6. The van der Waals surface area contributed by atoms with E-state index < -0.39 is 0 Å². The van der Waals surface area contributed by atoms with Crippen molar-refractivity contribution in [2.45, 2.75) is 13.8 Å². The van der Waals surface area contributed by atoms with Gasteiger partial charge in [-0.2, -0.15) is 0 Å². The summed E-state index contributed by atoms with van der Waals surface area (Å²) in [4.78, 5) is 0. The van der Waals surface area contributed by atoms with E-state index in [4.69, 9.17) is 8.83 Å². The molecule has 0 aliphatic carbocycles. The summed E-state index contributed by atoms with van der Waals surface area (Å²) in [6, 6.07) is 54.5. The van der Waals surface area contributed by atoms with Crippen LogP contribution in [0.1, 0.15) is 13.8 Å². The molecule has 0 spiro atoms. The van der Waals surface area contributed by atoms with Gasteiger partial charge in [0.1, 0.15) is 22.3 Å². The Kier molecular flexibility index (Phi) is 9.25. The molecule has 0 saturated carbocycles. The third-order valence-corrected chi connectivity index (χ3v) is 9.53. The first-order valence-corrected chi connectivity index (χ1v) is 17.5. The Bertz CT molecular complexity index is 2490. The number of halogens is 1. The summed E-state index contributed by atoms with van der Waals surface area (Å²) < 4.78 is 13.2. The number of hydrogen-bond donors (Lipinski definition) is 0. The smallest absolute Gasteiger partial charge is 0.143 e. The van der Waals surface area contributed by atoms with Crippen LogP contribution in [0.3, 0.4) is 0 Å². The number of benzene rings is 7. The highest BCUT2D eigenvalue weighted by Crippen LogP contribution is 2.38. The first-order valence-electron chi connectivity index (χ1n) is 16.2. The summed E-state index contributed by atoms with van der Waals surface area (Å²) in [5.41, 5.74) is 10.9. The van der Waals surface area contributed by atoms with Crippen LogP contribution in [0.5, 0.6) is 0 Å². The molecule has 1 atom stereocenters. The predicted octanol–water partition coefficient (Wildman–Crippen LogP) is 13.5. The largest absolute Gasteiger partial charge is 0.456 e. The molecular weight excluding hydrogens is 671 g/mol. The van der Waals surface area contributed by atoms with Crippen molar-refractivity contribution in [1.29, 1.82) is 0 Å². The van der Waals surface area contributed by atoms with Gasteiger partial charge in [-0.1, -0.05) is 151 Å². The van der Waals surface area contributed by atoms with Gasteiger partial charge in [-0.05, 0) is 69.5 Å². The van der Waals surface area contributed by atoms with Crippen LogP contribution < -0.4 is 5.30 Å². The minimum absolute atomic E-state index is 0.916. The van der Waals surface area contributed by atoms with Crippen LogP contribution in [0.4, 0.5) is 0 Å². The molecule has 9 aromatic rings. The van der Waals surface area contributed by atoms with Gasteiger partial charge >= 0.3 is 0 Å². The third-order valence-electron chi connectivity index (χ3n) is 8.39. The fraction of sp³-hybridized carbons (Fsp3) is 0.0455. The van der Waals surface area contributed by atoms with Gasteiger partial charge in [-0.25, -0.2) is 0 Å². The lowest BCUT2D eigenvalue weighted by molar-refractivity contribution is 0.669. The normalized spacial score (nSPS) is 10.9. The van der Waals surface area contributed by atoms with E-state index in [-0.39, 0.29) is 0 Å². The number of rotatable bonds is 3. The van der Waals surface area contributed by atoms with E-state index in [9.17, 15) is 0 Å². The van der Waals surface area contributed by atoms with Gasteiger partial charge < -0.3 is 8.83 Å². The number of furan rings is 2. The van der Waals surface area contributed by atoms with Crippen LogP contribution in [0.25, 0.3) is 77.3 Å². The highest BCUT2D eigenvalue weighted by atomic mass is 79.9. The Balaban J connectivity index is 0.000000149. The van der Waals surface area contributed by atoms with Gasteiger partial charge in [0, 0.05) is 31.6 Å². The van der Waals surface area contributed by atoms with Crippen LogP contribution in [0.2, 0.25) is 0 Å². The molecule has 0 bridgehead atoms. The molecule has 0 aliphatic rings. The number of para-hydroxylation sites is 1. The summed E-state index contributed by atoms with van der Waals surface area (Å²) in [7, 11) is 2.82. The fourth-order valence-corrected chi connectivity index (χ4v) is 7.16. The van der Waals surface area contributed by atoms with Crippen molar-refractivity contribution in [3.8, 4) is 33.4 Å². The van der Waals surface area contributed by atoms with Gasteiger partial charge in [-0.15, -0.1) is 9.24 Å². The maximum absolute atomic E-state index is 6.25. The molecule has 4 heteroatoms. The molecule has 48 heavy (non-hydrogen) atoms. The Morgan fingerprint density at radius 1 is 0.438 bits per heavy atom. The maximum atomic E-state index is 6.25. The molecule has 0 saturated heterocycles. The Labute approximate surface area is 291 Å². The lowest BCUT2D eigenvalue weighted by Gasteiger charge is -2.07. The molecule has 7 aromatic carbocycles. The van der Waals surface area contributed by atoms with Crippen LogP contribution in [0.15, 0.2) is 171 Å². The molecule has 0 fully saturated rings. The lowest BCUT2D eigenvalue weighted by Crippen LogP contribution is -1.89. The quantitative estimate of drug-likeness (QED) is 0.171. The zero-order valence-corrected chi connectivity index (χ0v) is 29.5. The van der Waals surface area contributed by atoms with E-state index in [2.05, 4.69) is 134 Å². The topological polar surface area (TPSA) is 26.3 Å². The van der Waals surface area contributed by atoms with Crippen molar-refractivity contribution in [3.63, 3.8) is 0 Å². The molecule has 0 N–H and O–H groups in total. The highest BCUT2D eigenvalue weighted by molar-refractivity contribution is 9.10. The first kappa shape index (κ1) is 31.6. The average molecular weight is 706 g/mol. The molecule has 2 aromatic heterocycles. The van der Waals surface area contributed by atoms with Crippen molar-refractivity contribution >= 4 is 74.4 Å². The zero-order chi connectivity index (χ0) is 33.0. The average Bonchev–Trinajstić information content (AvgIpc) is 3.73. The van der Waals surface area contributed by atoms with Crippen molar-refractivity contribution < 1.29 is 8.83 Å². The Hall–Kier alpha value is -4.95. The molecule has 2 heterocycles. The van der Waals surface area contributed by atoms with Crippen LogP contribution in [-0.2, 0) is 0 Å². The first-order chi connectivity index (χ1) is 23.6. The van der Waals surface area contributed by atoms with Crippen LogP contribution in [-0.4, -0.2) is 0 Å². The molecule has 0 amide bonds. The SMILES string of the molecule is Brc1cccc2oc3ccc(-c4ccccc4)cc3c12.CC.Pc1cccc2oc3c(-c4cccc(-c5ccccc5)c4)cccc3c12. The summed E-state index contributed by atoms with van der Waals surface area (Å²) in [6.07, 6.45) is 0. The fourth-order valence-electron chi connectivity index (χ4n) is 6.19. The number of hydrogen-bond acceptors (Lipinski definition) is 2. The molecule has 1 unspecified atom stereocenters. The van der Waals surface area contributed by atoms with Crippen LogP contribution in [0, 0.1) is 0 Å². The standard InChI is InChI=1S/C24H17OP.C18H11BrO.C2H6/c26-22-14-6-13-21-23(22)20-12-5-11-19(24(20)25-21)18-10-4-9-17(15-18)16-7-2-1-3-8-16;19-15-7-4-8-17-18(15)14-11-13(9-10-16(14)20-17)12-5-2-1-3-6-12;1-2/h1-15H,26H2;1-11H;1-2H3. The minimum Gasteiger partial charge on any atom is -0.456 e. The molecule has 0 radical (unpaired) electrons. The second-order valence-electron chi connectivity index (χ2n) is 11.2. The monoisotopic (exact) mass is 704 g/mol. The van der Waals surface area contributed by atoms with E-state index in [1.54, 1.807) is 0 Å². The second-order valence-corrected chi connectivity index (χ2v) is 12.7. The van der Waals surface area contributed by atoms with E-state index in [0.717, 1.165) is 53.8 Å². The Morgan fingerprint density at radius 2 is 1.02 bits per heavy atom. The zero-order valence-electron chi connectivity index (χ0n) is 26.8. The minimum atomic E-state index is 0.916. The molecule has 234 valence electrons.